The first kappa shape index (κ1) is 17.0. The summed E-state index contributed by atoms with van der Waals surface area (Å²) >= 11 is 0. The van der Waals surface area contributed by atoms with Crippen molar-refractivity contribution >= 4 is 11.6 Å². The molecule has 0 radical (unpaired) electrons. The van der Waals surface area contributed by atoms with Crippen molar-refractivity contribution in [2.45, 2.75) is 25.5 Å². The minimum Gasteiger partial charge on any atom is -0.379 e. The molecule has 136 valence electrons. The van der Waals surface area contributed by atoms with Gasteiger partial charge in [-0.25, -0.2) is 0 Å². The van der Waals surface area contributed by atoms with Gasteiger partial charge in [-0.3, -0.25) is 4.79 Å². The topological polar surface area (TPSA) is 89.6 Å². The molecular weight excluding hydrogens is 344 g/mol. The van der Waals surface area contributed by atoms with Crippen LogP contribution in [0.1, 0.15) is 24.7 Å². The standard InChI is InChI=1S/C20H18N4O3/c1-20(12-16(23-27-20)14-8-4-2-5-9-14)19(25)21-13-17-22-18(26-24-17)15-10-6-3-7-11-15/h2-11H,12-13H2,1H3,(H,21,25)/t20-/m0/s1. The van der Waals surface area contributed by atoms with Crippen LogP contribution in [-0.4, -0.2) is 27.4 Å². The highest BCUT2D eigenvalue weighted by Gasteiger charge is 2.42. The molecule has 2 heterocycles. The molecule has 0 unspecified atom stereocenters. The maximum atomic E-state index is 12.6. The molecule has 1 aromatic heterocycles. The Balaban J connectivity index is 1.37. The van der Waals surface area contributed by atoms with Crippen molar-refractivity contribution < 1.29 is 14.2 Å². The molecule has 7 nitrogen and oxygen atoms in total. The number of aromatic nitrogens is 2. The predicted molar refractivity (Wildman–Crippen MR) is 98.7 cm³/mol. The summed E-state index contributed by atoms with van der Waals surface area (Å²) in [5, 5.41) is 10.8. The zero-order valence-electron chi connectivity index (χ0n) is 14.8. The van der Waals surface area contributed by atoms with Crippen molar-refractivity contribution in [3.63, 3.8) is 0 Å². The number of hydrogen-bond donors (Lipinski definition) is 1. The van der Waals surface area contributed by atoms with Crippen LogP contribution in [0.2, 0.25) is 0 Å². The molecule has 1 aliphatic heterocycles. The van der Waals surface area contributed by atoms with Gasteiger partial charge < -0.3 is 14.7 Å². The van der Waals surface area contributed by atoms with Gasteiger partial charge in [0.1, 0.15) is 0 Å². The third kappa shape index (κ3) is 3.57. The Labute approximate surface area is 156 Å². The van der Waals surface area contributed by atoms with E-state index < -0.39 is 5.60 Å². The van der Waals surface area contributed by atoms with Crippen LogP contribution in [0.25, 0.3) is 11.5 Å². The molecule has 0 bridgehead atoms. The van der Waals surface area contributed by atoms with Crippen LogP contribution in [-0.2, 0) is 16.2 Å². The second kappa shape index (κ2) is 7.03. The molecule has 7 heteroatoms. The van der Waals surface area contributed by atoms with E-state index >= 15 is 0 Å². The van der Waals surface area contributed by atoms with Crippen LogP contribution in [0.15, 0.2) is 70.3 Å². The second-order valence-corrected chi connectivity index (χ2v) is 6.47. The van der Waals surface area contributed by atoms with E-state index in [0.29, 0.717) is 18.1 Å². The van der Waals surface area contributed by atoms with E-state index in [1.807, 2.05) is 60.7 Å². The maximum absolute atomic E-state index is 12.6. The van der Waals surface area contributed by atoms with E-state index in [0.717, 1.165) is 16.8 Å². The first-order chi connectivity index (χ1) is 13.1. The number of rotatable bonds is 5. The van der Waals surface area contributed by atoms with E-state index in [2.05, 4.69) is 20.6 Å². The molecule has 3 aromatic rings. The highest BCUT2D eigenvalue weighted by atomic mass is 16.7. The lowest BCUT2D eigenvalue weighted by atomic mass is 9.95. The number of benzene rings is 2. The summed E-state index contributed by atoms with van der Waals surface area (Å²) in [6, 6.07) is 19.1. The average molecular weight is 362 g/mol. The van der Waals surface area contributed by atoms with Crippen LogP contribution < -0.4 is 5.32 Å². The van der Waals surface area contributed by atoms with Crippen LogP contribution in [0.3, 0.4) is 0 Å². The average Bonchev–Trinajstić information content (AvgIpc) is 3.35. The largest absolute Gasteiger partial charge is 0.379 e. The van der Waals surface area contributed by atoms with Gasteiger partial charge in [0.25, 0.3) is 11.8 Å². The molecule has 0 saturated heterocycles. The van der Waals surface area contributed by atoms with Gasteiger partial charge in [0.05, 0.1) is 12.3 Å². The molecule has 0 aliphatic carbocycles. The lowest BCUT2D eigenvalue weighted by Gasteiger charge is -2.19. The third-order valence-corrected chi connectivity index (χ3v) is 4.35. The summed E-state index contributed by atoms with van der Waals surface area (Å²) in [6.45, 7) is 1.86. The van der Waals surface area contributed by atoms with E-state index in [-0.39, 0.29) is 12.5 Å². The Bertz CT molecular complexity index is 969. The monoisotopic (exact) mass is 362 g/mol. The molecule has 1 amide bonds. The summed E-state index contributed by atoms with van der Waals surface area (Å²) in [4.78, 5) is 22.3. The zero-order valence-corrected chi connectivity index (χ0v) is 14.8. The van der Waals surface area contributed by atoms with Gasteiger partial charge in [-0.15, -0.1) is 0 Å². The van der Waals surface area contributed by atoms with Crippen molar-refractivity contribution in [2.75, 3.05) is 0 Å². The number of amides is 1. The highest BCUT2D eigenvalue weighted by molar-refractivity contribution is 6.05. The number of oxime groups is 1. The van der Waals surface area contributed by atoms with Crippen LogP contribution >= 0.6 is 0 Å². The van der Waals surface area contributed by atoms with Crippen molar-refractivity contribution in [2.24, 2.45) is 5.16 Å². The molecule has 27 heavy (non-hydrogen) atoms. The fraction of sp³-hybridized carbons (Fsp3) is 0.200. The van der Waals surface area contributed by atoms with Crippen LogP contribution in [0.4, 0.5) is 0 Å². The lowest BCUT2D eigenvalue weighted by molar-refractivity contribution is -0.141. The van der Waals surface area contributed by atoms with Crippen molar-refractivity contribution in [1.82, 2.24) is 15.5 Å². The van der Waals surface area contributed by atoms with Gasteiger partial charge in [0.2, 0.25) is 5.60 Å². The van der Waals surface area contributed by atoms with Gasteiger partial charge >= 0.3 is 0 Å². The predicted octanol–water partition coefficient (Wildman–Crippen LogP) is 2.94. The van der Waals surface area contributed by atoms with Crippen LogP contribution in [0.5, 0.6) is 0 Å². The molecule has 1 aliphatic rings. The number of nitrogens with zero attached hydrogens (tertiary/aromatic N) is 3. The SMILES string of the molecule is C[C@@]1(C(=O)NCc2noc(-c3ccccc3)n2)CC(c2ccccc2)=NO1. The fourth-order valence-electron chi connectivity index (χ4n) is 2.82. The Kier molecular flexibility index (Phi) is 4.42. The molecule has 4 rings (SSSR count). The number of carbonyl (C=O) groups is 1. The van der Waals surface area contributed by atoms with E-state index in [1.54, 1.807) is 6.92 Å². The molecule has 2 aromatic carbocycles. The Hall–Kier alpha value is -3.48. The van der Waals surface area contributed by atoms with E-state index in [9.17, 15) is 4.79 Å². The summed E-state index contributed by atoms with van der Waals surface area (Å²) in [5.41, 5.74) is 1.46. The second-order valence-electron chi connectivity index (χ2n) is 6.47. The van der Waals surface area contributed by atoms with Crippen molar-refractivity contribution in [3.05, 3.63) is 72.1 Å². The van der Waals surface area contributed by atoms with Gasteiger partial charge in [0.15, 0.2) is 5.82 Å². The van der Waals surface area contributed by atoms with Gasteiger partial charge in [-0.1, -0.05) is 58.8 Å². The molecule has 1 N–H and O–H groups in total. The lowest BCUT2D eigenvalue weighted by Crippen LogP contribution is -2.44. The summed E-state index contributed by atoms with van der Waals surface area (Å²) in [6.07, 6.45) is 0.393. The van der Waals surface area contributed by atoms with E-state index in [1.165, 1.54) is 0 Å². The maximum Gasteiger partial charge on any atom is 0.267 e. The summed E-state index contributed by atoms with van der Waals surface area (Å²) in [7, 11) is 0. The number of hydrogen-bond acceptors (Lipinski definition) is 6. The minimum atomic E-state index is -1.06. The molecule has 0 saturated carbocycles. The fourth-order valence-corrected chi connectivity index (χ4v) is 2.82. The van der Waals surface area contributed by atoms with Gasteiger partial charge in [0, 0.05) is 12.0 Å². The molecule has 1 atom stereocenters. The minimum absolute atomic E-state index is 0.148. The zero-order chi connectivity index (χ0) is 18.7. The quantitative estimate of drug-likeness (QED) is 0.754. The Morgan fingerprint density at radius 1 is 1.07 bits per heavy atom. The molecular formula is C20H18N4O3. The Morgan fingerprint density at radius 3 is 2.44 bits per heavy atom. The number of carbonyl (C=O) groups excluding carboxylic acids is 1. The van der Waals surface area contributed by atoms with Crippen molar-refractivity contribution in [3.8, 4) is 11.5 Å². The van der Waals surface area contributed by atoms with Crippen LogP contribution in [0, 0.1) is 0 Å². The summed E-state index contributed by atoms with van der Waals surface area (Å²) < 4.78 is 5.24. The first-order valence-corrected chi connectivity index (χ1v) is 8.61. The summed E-state index contributed by atoms with van der Waals surface area (Å²) in [5.74, 6) is 0.536. The van der Waals surface area contributed by atoms with E-state index in [4.69, 9.17) is 9.36 Å². The number of nitrogens with one attached hydrogen (secondary N) is 1. The normalized spacial score (nSPS) is 18.6. The van der Waals surface area contributed by atoms with Gasteiger partial charge in [-0.2, -0.15) is 4.98 Å². The Morgan fingerprint density at radius 2 is 1.74 bits per heavy atom. The third-order valence-electron chi connectivity index (χ3n) is 4.35. The van der Waals surface area contributed by atoms with Crippen molar-refractivity contribution in [1.29, 1.82) is 0 Å². The van der Waals surface area contributed by atoms with Gasteiger partial charge in [-0.05, 0) is 24.6 Å². The highest BCUT2D eigenvalue weighted by Crippen LogP contribution is 2.27. The smallest absolute Gasteiger partial charge is 0.267 e. The molecule has 0 spiro atoms. The first-order valence-electron chi connectivity index (χ1n) is 8.61. The molecule has 0 fully saturated rings.